The van der Waals surface area contributed by atoms with E-state index in [-0.39, 0.29) is 0 Å². The van der Waals surface area contributed by atoms with E-state index in [9.17, 15) is 0 Å². The van der Waals surface area contributed by atoms with Gasteiger partial charge in [0.2, 0.25) is 0 Å². The molecular formula is C16H15NS. The third kappa shape index (κ3) is 3.65. The standard InChI is InChI=1S/C16H15NS/c1-13-3-2-4-16(9-13)12-18-11-15-7-5-14(10-17)6-8-15/h2-9H,11-12H2,1H3. The molecule has 1 nitrogen and oxygen atoms in total. The van der Waals surface area contributed by atoms with Crippen LogP contribution in [0.1, 0.15) is 22.3 Å². The summed E-state index contributed by atoms with van der Waals surface area (Å²) < 4.78 is 0. The minimum atomic E-state index is 0.724. The molecule has 0 bridgehead atoms. The zero-order chi connectivity index (χ0) is 12.8. The molecule has 0 aromatic heterocycles. The average molecular weight is 253 g/mol. The second-order valence-electron chi connectivity index (χ2n) is 4.29. The molecule has 0 saturated heterocycles. The maximum Gasteiger partial charge on any atom is 0.0991 e. The number of aryl methyl sites for hydroxylation is 1. The van der Waals surface area contributed by atoms with Crippen LogP contribution in [0.5, 0.6) is 0 Å². The lowest BCUT2D eigenvalue weighted by molar-refractivity contribution is 1.33. The van der Waals surface area contributed by atoms with Crippen molar-refractivity contribution in [3.63, 3.8) is 0 Å². The molecule has 0 heterocycles. The highest BCUT2D eigenvalue weighted by Crippen LogP contribution is 2.18. The molecular weight excluding hydrogens is 238 g/mol. The van der Waals surface area contributed by atoms with E-state index in [4.69, 9.17) is 5.26 Å². The summed E-state index contributed by atoms with van der Waals surface area (Å²) in [5, 5.41) is 8.72. The van der Waals surface area contributed by atoms with Gasteiger partial charge in [-0.1, -0.05) is 42.0 Å². The Morgan fingerprint density at radius 1 is 1.00 bits per heavy atom. The van der Waals surface area contributed by atoms with Crippen LogP contribution in [0.25, 0.3) is 0 Å². The van der Waals surface area contributed by atoms with Crippen molar-refractivity contribution in [2.75, 3.05) is 0 Å². The lowest BCUT2D eigenvalue weighted by Gasteiger charge is -2.03. The molecule has 2 heteroatoms. The number of thioether (sulfide) groups is 1. The van der Waals surface area contributed by atoms with Gasteiger partial charge in [0, 0.05) is 11.5 Å². The van der Waals surface area contributed by atoms with Gasteiger partial charge in [-0.05, 0) is 30.2 Å². The number of nitrogens with zero attached hydrogens (tertiary/aromatic N) is 1. The Hall–Kier alpha value is -1.72. The van der Waals surface area contributed by atoms with Gasteiger partial charge in [-0.3, -0.25) is 0 Å². The average Bonchev–Trinajstić information content (AvgIpc) is 2.40. The smallest absolute Gasteiger partial charge is 0.0991 e. The van der Waals surface area contributed by atoms with Gasteiger partial charge in [-0.15, -0.1) is 0 Å². The van der Waals surface area contributed by atoms with Gasteiger partial charge in [0.05, 0.1) is 11.6 Å². The van der Waals surface area contributed by atoms with Gasteiger partial charge in [0.25, 0.3) is 0 Å². The van der Waals surface area contributed by atoms with Crippen LogP contribution >= 0.6 is 11.8 Å². The fourth-order valence-corrected chi connectivity index (χ4v) is 2.71. The second kappa shape index (κ2) is 6.28. The predicted octanol–water partition coefficient (Wildman–Crippen LogP) is 4.30. The quantitative estimate of drug-likeness (QED) is 0.811. The minimum Gasteiger partial charge on any atom is -0.192 e. The summed E-state index contributed by atoms with van der Waals surface area (Å²) in [7, 11) is 0. The maximum atomic E-state index is 8.72. The Labute approximate surface area is 112 Å². The highest BCUT2D eigenvalue weighted by molar-refractivity contribution is 7.97. The van der Waals surface area contributed by atoms with Crippen LogP contribution in [-0.2, 0) is 11.5 Å². The Morgan fingerprint density at radius 3 is 2.39 bits per heavy atom. The van der Waals surface area contributed by atoms with E-state index in [1.807, 2.05) is 36.0 Å². The highest BCUT2D eigenvalue weighted by atomic mass is 32.2. The molecule has 0 aliphatic rings. The zero-order valence-corrected chi connectivity index (χ0v) is 11.2. The van der Waals surface area contributed by atoms with E-state index < -0.39 is 0 Å². The zero-order valence-electron chi connectivity index (χ0n) is 10.4. The SMILES string of the molecule is Cc1cccc(CSCc2ccc(C#N)cc2)c1. The molecule has 0 spiro atoms. The fraction of sp³-hybridized carbons (Fsp3) is 0.188. The first-order chi connectivity index (χ1) is 8.78. The molecule has 0 N–H and O–H groups in total. The van der Waals surface area contributed by atoms with Crippen molar-refractivity contribution in [3.05, 3.63) is 70.8 Å². The molecule has 0 fully saturated rings. The highest BCUT2D eigenvalue weighted by Gasteiger charge is 1.97. The van der Waals surface area contributed by atoms with Crippen LogP contribution in [0.2, 0.25) is 0 Å². The van der Waals surface area contributed by atoms with Crippen molar-refractivity contribution in [2.45, 2.75) is 18.4 Å². The fourth-order valence-electron chi connectivity index (χ4n) is 1.76. The van der Waals surface area contributed by atoms with Crippen molar-refractivity contribution in [2.24, 2.45) is 0 Å². The minimum absolute atomic E-state index is 0.724. The molecule has 2 aromatic carbocycles. The second-order valence-corrected chi connectivity index (χ2v) is 5.28. The summed E-state index contributed by atoms with van der Waals surface area (Å²) in [6.45, 7) is 2.12. The molecule has 18 heavy (non-hydrogen) atoms. The molecule has 0 aliphatic carbocycles. The first-order valence-electron chi connectivity index (χ1n) is 5.90. The van der Waals surface area contributed by atoms with Gasteiger partial charge < -0.3 is 0 Å². The Kier molecular flexibility index (Phi) is 4.44. The van der Waals surface area contributed by atoms with Gasteiger partial charge in [-0.2, -0.15) is 17.0 Å². The molecule has 2 rings (SSSR count). The van der Waals surface area contributed by atoms with E-state index in [0.717, 1.165) is 17.1 Å². The molecule has 0 amide bonds. The van der Waals surface area contributed by atoms with Crippen molar-refractivity contribution in [3.8, 4) is 6.07 Å². The number of nitriles is 1. The summed E-state index contributed by atoms with van der Waals surface area (Å²) in [6.07, 6.45) is 0. The third-order valence-electron chi connectivity index (χ3n) is 2.70. The maximum absolute atomic E-state index is 8.72. The lowest BCUT2D eigenvalue weighted by Crippen LogP contribution is -1.85. The molecule has 0 unspecified atom stereocenters. The topological polar surface area (TPSA) is 23.8 Å². The van der Waals surface area contributed by atoms with E-state index in [1.54, 1.807) is 0 Å². The van der Waals surface area contributed by atoms with Gasteiger partial charge in [-0.25, -0.2) is 0 Å². The van der Waals surface area contributed by atoms with Crippen molar-refractivity contribution in [1.29, 1.82) is 5.26 Å². The van der Waals surface area contributed by atoms with Crippen LogP contribution in [-0.4, -0.2) is 0 Å². The predicted molar refractivity (Wildman–Crippen MR) is 77.3 cm³/mol. The summed E-state index contributed by atoms with van der Waals surface area (Å²) in [5.74, 6) is 2.02. The first-order valence-corrected chi connectivity index (χ1v) is 7.06. The van der Waals surface area contributed by atoms with Gasteiger partial charge >= 0.3 is 0 Å². The monoisotopic (exact) mass is 253 g/mol. The van der Waals surface area contributed by atoms with Crippen molar-refractivity contribution in [1.82, 2.24) is 0 Å². The van der Waals surface area contributed by atoms with E-state index >= 15 is 0 Å². The summed E-state index contributed by atoms with van der Waals surface area (Å²) in [4.78, 5) is 0. The van der Waals surface area contributed by atoms with Gasteiger partial charge in [0.1, 0.15) is 0 Å². The van der Waals surface area contributed by atoms with Gasteiger partial charge in [0.15, 0.2) is 0 Å². The molecule has 0 radical (unpaired) electrons. The summed E-state index contributed by atoms with van der Waals surface area (Å²) >= 11 is 1.90. The van der Waals surface area contributed by atoms with E-state index in [1.165, 1.54) is 16.7 Å². The summed E-state index contributed by atoms with van der Waals surface area (Å²) in [5.41, 5.74) is 4.68. The van der Waals surface area contributed by atoms with E-state index in [0.29, 0.717) is 0 Å². The lowest BCUT2D eigenvalue weighted by atomic mass is 10.2. The first kappa shape index (κ1) is 12.7. The Morgan fingerprint density at radius 2 is 1.72 bits per heavy atom. The van der Waals surface area contributed by atoms with Crippen LogP contribution < -0.4 is 0 Å². The van der Waals surface area contributed by atoms with Crippen LogP contribution in [0, 0.1) is 18.3 Å². The Bertz CT molecular complexity index is 552. The van der Waals surface area contributed by atoms with Crippen molar-refractivity contribution < 1.29 is 0 Å². The molecule has 0 aliphatic heterocycles. The third-order valence-corrected chi connectivity index (χ3v) is 3.78. The molecule has 0 atom stereocenters. The number of rotatable bonds is 4. The number of hydrogen-bond acceptors (Lipinski definition) is 2. The molecule has 90 valence electrons. The van der Waals surface area contributed by atoms with Crippen LogP contribution in [0.15, 0.2) is 48.5 Å². The Balaban J connectivity index is 1.86. The normalized spacial score (nSPS) is 10.0. The largest absolute Gasteiger partial charge is 0.192 e. The number of benzene rings is 2. The number of hydrogen-bond donors (Lipinski definition) is 0. The summed E-state index contributed by atoms with van der Waals surface area (Å²) in [6, 6.07) is 18.6. The van der Waals surface area contributed by atoms with Crippen LogP contribution in [0.3, 0.4) is 0 Å². The van der Waals surface area contributed by atoms with Crippen LogP contribution in [0.4, 0.5) is 0 Å². The molecule has 2 aromatic rings. The molecule has 0 saturated carbocycles. The van der Waals surface area contributed by atoms with E-state index in [2.05, 4.69) is 37.3 Å². The van der Waals surface area contributed by atoms with Crippen molar-refractivity contribution >= 4 is 11.8 Å².